The van der Waals surface area contributed by atoms with Gasteiger partial charge in [0.15, 0.2) is 0 Å². The zero-order chi connectivity index (χ0) is 24.9. The van der Waals surface area contributed by atoms with E-state index in [1.807, 2.05) is 6.07 Å². The van der Waals surface area contributed by atoms with E-state index in [9.17, 15) is 4.79 Å². The smallest absolute Gasteiger partial charge is 0.306 e. The standard InChI is InChI=1S/C30H38O6/c1-3-21(24-8-13-29(20(2)14-24)35-19-28-18-34-28)15-30(31)36-26-11-6-23(7-12-26)22-4-9-25(10-5-22)32-16-27-17-33-27/h4-5,8-10,13-14,21,23,26-28H,3,6-7,11-12,15-19H2,1-2H3. The van der Waals surface area contributed by atoms with Gasteiger partial charge in [-0.2, -0.15) is 0 Å². The summed E-state index contributed by atoms with van der Waals surface area (Å²) in [4.78, 5) is 12.8. The third-order valence-corrected chi connectivity index (χ3v) is 7.57. The van der Waals surface area contributed by atoms with E-state index in [0.717, 1.165) is 62.4 Å². The summed E-state index contributed by atoms with van der Waals surface area (Å²) in [5.41, 5.74) is 3.60. The fourth-order valence-electron chi connectivity index (χ4n) is 5.07. The molecule has 0 N–H and O–H groups in total. The molecule has 3 atom stereocenters. The van der Waals surface area contributed by atoms with Crippen molar-refractivity contribution in [1.29, 1.82) is 0 Å². The van der Waals surface area contributed by atoms with Crippen LogP contribution in [-0.4, -0.2) is 50.7 Å². The molecule has 1 aliphatic carbocycles. The number of carbonyl (C=O) groups is 1. The quantitative estimate of drug-likeness (QED) is 0.278. The van der Waals surface area contributed by atoms with Crippen LogP contribution in [0.15, 0.2) is 42.5 Å². The number of rotatable bonds is 12. The van der Waals surface area contributed by atoms with Gasteiger partial charge in [-0.3, -0.25) is 4.79 Å². The van der Waals surface area contributed by atoms with E-state index in [1.54, 1.807) is 0 Å². The number of epoxide rings is 2. The average molecular weight is 495 g/mol. The van der Waals surface area contributed by atoms with Gasteiger partial charge in [0.2, 0.25) is 0 Å². The minimum Gasteiger partial charge on any atom is -0.491 e. The van der Waals surface area contributed by atoms with Crippen LogP contribution in [0.2, 0.25) is 0 Å². The minimum absolute atomic E-state index is 0.0227. The van der Waals surface area contributed by atoms with Crippen LogP contribution in [0, 0.1) is 6.92 Å². The first-order chi connectivity index (χ1) is 17.6. The first-order valence-electron chi connectivity index (χ1n) is 13.5. The zero-order valence-corrected chi connectivity index (χ0v) is 21.4. The molecule has 0 spiro atoms. The summed E-state index contributed by atoms with van der Waals surface area (Å²) in [6, 6.07) is 14.7. The van der Waals surface area contributed by atoms with Gasteiger partial charge in [-0.15, -0.1) is 0 Å². The first kappa shape index (κ1) is 25.1. The molecule has 2 aromatic carbocycles. The van der Waals surface area contributed by atoms with Crippen molar-refractivity contribution in [3.8, 4) is 11.5 Å². The molecule has 0 aromatic heterocycles. The molecule has 2 saturated heterocycles. The number of carbonyl (C=O) groups excluding carboxylic acids is 1. The Morgan fingerprint density at radius 1 is 0.944 bits per heavy atom. The highest BCUT2D eigenvalue weighted by atomic mass is 16.6. The summed E-state index contributed by atoms with van der Waals surface area (Å²) in [6.45, 7) is 7.01. The third kappa shape index (κ3) is 7.01. The first-order valence-corrected chi connectivity index (χ1v) is 13.5. The van der Waals surface area contributed by atoms with E-state index < -0.39 is 0 Å². The molecule has 5 rings (SSSR count). The Labute approximate surface area is 214 Å². The summed E-state index contributed by atoms with van der Waals surface area (Å²) in [7, 11) is 0. The average Bonchev–Trinajstić information content (AvgIpc) is 3.82. The fourth-order valence-corrected chi connectivity index (χ4v) is 5.07. The number of hydrogen-bond acceptors (Lipinski definition) is 6. The molecule has 6 heteroatoms. The number of benzene rings is 2. The highest BCUT2D eigenvalue weighted by Gasteiger charge is 2.27. The molecule has 0 radical (unpaired) electrons. The maximum Gasteiger partial charge on any atom is 0.306 e. The van der Waals surface area contributed by atoms with Crippen molar-refractivity contribution in [2.45, 2.75) is 82.5 Å². The molecule has 3 aliphatic rings. The lowest BCUT2D eigenvalue weighted by molar-refractivity contribution is -0.151. The predicted octanol–water partition coefficient (Wildman–Crippen LogP) is 5.70. The van der Waals surface area contributed by atoms with Crippen molar-refractivity contribution < 1.29 is 28.5 Å². The second-order valence-electron chi connectivity index (χ2n) is 10.4. The van der Waals surface area contributed by atoms with Gasteiger partial charge in [-0.05, 0) is 85.8 Å². The minimum atomic E-state index is -0.0877. The van der Waals surface area contributed by atoms with Gasteiger partial charge in [0.25, 0.3) is 0 Å². The van der Waals surface area contributed by atoms with Crippen LogP contribution in [0.1, 0.15) is 74.0 Å². The van der Waals surface area contributed by atoms with Gasteiger partial charge in [0.1, 0.15) is 43.0 Å². The Morgan fingerprint density at radius 3 is 2.22 bits per heavy atom. The predicted molar refractivity (Wildman–Crippen MR) is 137 cm³/mol. The third-order valence-electron chi connectivity index (χ3n) is 7.57. The lowest BCUT2D eigenvalue weighted by Gasteiger charge is -2.29. The topological polar surface area (TPSA) is 69.8 Å². The molecule has 194 valence electrons. The van der Waals surface area contributed by atoms with Gasteiger partial charge in [0, 0.05) is 0 Å². The highest BCUT2D eigenvalue weighted by molar-refractivity contribution is 5.71. The van der Waals surface area contributed by atoms with Gasteiger partial charge >= 0.3 is 5.97 Å². The van der Waals surface area contributed by atoms with Crippen LogP contribution in [-0.2, 0) is 19.0 Å². The maximum atomic E-state index is 12.8. The molecule has 2 aliphatic heterocycles. The molecular formula is C30H38O6. The molecule has 2 aromatic rings. The van der Waals surface area contributed by atoms with Crippen molar-refractivity contribution in [2.75, 3.05) is 26.4 Å². The van der Waals surface area contributed by atoms with Crippen LogP contribution in [0.25, 0.3) is 0 Å². The molecule has 0 amide bonds. The van der Waals surface area contributed by atoms with E-state index in [-0.39, 0.29) is 30.2 Å². The summed E-state index contributed by atoms with van der Waals surface area (Å²) in [5.74, 6) is 2.36. The van der Waals surface area contributed by atoms with Crippen LogP contribution >= 0.6 is 0 Å². The summed E-state index contributed by atoms with van der Waals surface area (Å²) < 4.78 is 27.9. The van der Waals surface area contributed by atoms with Crippen molar-refractivity contribution in [3.63, 3.8) is 0 Å². The Hall–Kier alpha value is -2.57. The van der Waals surface area contributed by atoms with Crippen molar-refractivity contribution in [2.24, 2.45) is 0 Å². The molecule has 6 nitrogen and oxygen atoms in total. The van der Waals surface area contributed by atoms with E-state index in [4.69, 9.17) is 23.7 Å². The Morgan fingerprint density at radius 2 is 1.61 bits per heavy atom. The van der Waals surface area contributed by atoms with E-state index >= 15 is 0 Å². The van der Waals surface area contributed by atoms with Crippen LogP contribution in [0.5, 0.6) is 11.5 Å². The van der Waals surface area contributed by atoms with Gasteiger partial charge < -0.3 is 23.7 Å². The molecule has 0 bridgehead atoms. The van der Waals surface area contributed by atoms with Gasteiger partial charge in [0.05, 0.1) is 19.6 Å². The van der Waals surface area contributed by atoms with Gasteiger partial charge in [-0.1, -0.05) is 31.2 Å². The van der Waals surface area contributed by atoms with Crippen LogP contribution in [0.4, 0.5) is 0 Å². The Balaban J connectivity index is 1.06. The highest BCUT2D eigenvalue weighted by Crippen LogP contribution is 2.36. The molecule has 3 fully saturated rings. The summed E-state index contributed by atoms with van der Waals surface area (Å²) >= 11 is 0. The van der Waals surface area contributed by atoms with Crippen molar-refractivity contribution >= 4 is 5.97 Å². The number of aryl methyl sites for hydroxylation is 1. The van der Waals surface area contributed by atoms with Crippen molar-refractivity contribution in [3.05, 3.63) is 59.2 Å². The molecule has 36 heavy (non-hydrogen) atoms. The molecule has 3 unspecified atom stereocenters. The van der Waals surface area contributed by atoms with Gasteiger partial charge in [-0.25, -0.2) is 0 Å². The fraction of sp³-hybridized carbons (Fsp3) is 0.567. The maximum absolute atomic E-state index is 12.8. The number of hydrogen-bond donors (Lipinski definition) is 0. The number of esters is 1. The lowest BCUT2D eigenvalue weighted by Crippen LogP contribution is -2.24. The summed E-state index contributed by atoms with van der Waals surface area (Å²) in [6.07, 6.45) is 5.76. The van der Waals surface area contributed by atoms with Crippen LogP contribution < -0.4 is 9.47 Å². The van der Waals surface area contributed by atoms with Crippen LogP contribution in [0.3, 0.4) is 0 Å². The van der Waals surface area contributed by atoms with E-state index in [1.165, 1.54) is 11.1 Å². The SMILES string of the molecule is CCC(CC(=O)OC1CCC(c2ccc(OCC3CO3)cc2)CC1)c1ccc(OCC2CO2)c(C)c1. The normalized spacial score (nSPS) is 25.6. The second kappa shape index (κ2) is 11.7. The Kier molecular flexibility index (Phi) is 8.12. The molecular weight excluding hydrogens is 456 g/mol. The van der Waals surface area contributed by atoms with E-state index in [0.29, 0.717) is 25.6 Å². The Bertz CT molecular complexity index is 1000. The van der Waals surface area contributed by atoms with Crippen molar-refractivity contribution in [1.82, 2.24) is 0 Å². The molecule has 2 heterocycles. The lowest BCUT2D eigenvalue weighted by atomic mass is 9.82. The second-order valence-corrected chi connectivity index (χ2v) is 10.4. The van der Waals surface area contributed by atoms with E-state index in [2.05, 4.69) is 50.2 Å². The zero-order valence-electron chi connectivity index (χ0n) is 21.4. The largest absolute Gasteiger partial charge is 0.491 e. The summed E-state index contributed by atoms with van der Waals surface area (Å²) in [5, 5.41) is 0. The monoisotopic (exact) mass is 494 g/mol. The molecule has 1 saturated carbocycles. The number of ether oxygens (including phenoxy) is 5.